The van der Waals surface area contributed by atoms with Crippen LogP contribution in [0.15, 0.2) is 53.4 Å². The number of hydrogen-bond donors (Lipinski definition) is 2. The molecule has 0 aromatic heterocycles. The summed E-state index contributed by atoms with van der Waals surface area (Å²) in [7, 11) is -0.624. The van der Waals surface area contributed by atoms with Gasteiger partial charge in [-0.1, -0.05) is 0 Å². The average molecular weight is 405 g/mol. The van der Waals surface area contributed by atoms with Gasteiger partial charge in [-0.05, 0) is 55.5 Å². The number of rotatable bonds is 8. The minimum absolute atomic E-state index is 0.0160. The Morgan fingerprint density at radius 1 is 1.00 bits per heavy atom. The van der Waals surface area contributed by atoms with Gasteiger partial charge >= 0.3 is 0 Å². The SMILES string of the molecule is CCOc1ccc(NS(=O)(=O)c2ccc(C(=O)NCC(=O)N(C)C)cc2)cc1. The van der Waals surface area contributed by atoms with Gasteiger partial charge in [-0.25, -0.2) is 8.42 Å². The van der Waals surface area contributed by atoms with Gasteiger partial charge in [-0.2, -0.15) is 0 Å². The van der Waals surface area contributed by atoms with Crippen LogP contribution in [0.1, 0.15) is 17.3 Å². The summed E-state index contributed by atoms with van der Waals surface area (Å²) >= 11 is 0. The summed E-state index contributed by atoms with van der Waals surface area (Å²) in [4.78, 5) is 24.9. The number of anilines is 1. The zero-order valence-electron chi connectivity index (χ0n) is 15.9. The van der Waals surface area contributed by atoms with E-state index in [9.17, 15) is 18.0 Å². The number of nitrogens with zero attached hydrogens (tertiary/aromatic N) is 1. The largest absolute Gasteiger partial charge is 0.494 e. The van der Waals surface area contributed by atoms with Crippen LogP contribution in [0.3, 0.4) is 0 Å². The molecule has 0 aliphatic carbocycles. The van der Waals surface area contributed by atoms with Crippen LogP contribution in [0.25, 0.3) is 0 Å². The number of hydrogen-bond acceptors (Lipinski definition) is 5. The van der Waals surface area contributed by atoms with Crippen LogP contribution in [0.2, 0.25) is 0 Å². The molecule has 0 unspecified atom stereocenters. The normalized spacial score (nSPS) is 10.8. The molecule has 0 aliphatic heterocycles. The smallest absolute Gasteiger partial charge is 0.261 e. The Kier molecular flexibility index (Phi) is 7.00. The lowest BCUT2D eigenvalue weighted by atomic mass is 10.2. The summed E-state index contributed by atoms with van der Waals surface area (Å²) in [6.45, 7) is 2.25. The second kappa shape index (κ2) is 9.23. The lowest BCUT2D eigenvalue weighted by molar-refractivity contribution is -0.127. The Morgan fingerprint density at radius 3 is 2.14 bits per heavy atom. The molecule has 8 nitrogen and oxygen atoms in total. The highest BCUT2D eigenvalue weighted by atomic mass is 32.2. The number of carbonyl (C=O) groups excluding carboxylic acids is 2. The molecule has 2 rings (SSSR count). The molecule has 0 spiro atoms. The molecule has 0 aliphatic rings. The Bertz CT molecular complexity index is 923. The van der Waals surface area contributed by atoms with Crippen LogP contribution in [0.4, 0.5) is 5.69 Å². The molecular formula is C19H23N3O5S. The van der Waals surface area contributed by atoms with Gasteiger partial charge < -0.3 is 15.0 Å². The second-order valence-electron chi connectivity index (χ2n) is 6.06. The highest BCUT2D eigenvalue weighted by molar-refractivity contribution is 7.92. The zero-order chi connectivity index (χ0) is 20.7. The first-order valence-electron chi connectivity index (χ1n) is 8.57. The van der Waals surface area contributed by atoms with E-state index in [1.54, 1.807) is 38.4 Å². The van der Waals surface area contributed by atoms with Crippen molar-refractivity contribution in [2.75, 3.05) is 32.0 Å². The van der Waals surface area contributed by atoms with Crippen LogP contribution in [0.5, 0.6) is 5.75 Å². The van der Waals surface area contributed by atoms with Crippen molar-refractivity contribution in [3.8, 4) is 5.75 Å². The second-order valence-corrected chi connectivity index (χ2v) is 7.74. The molecule has 150 valence electrons. The minimum atomic E-state index is -3.80. The molecule has 9 heteroatoms. The van der Waals surface area contributed by atoms with Gasteiger partial charge in [0, 0.05) is 25.3 Å². The molecule has 0 saturated heterocycles. The fraction of sp³-hybridized carbons (Fsp3) is 0.263. The van der Waals surface area contributed by atoms with E-state index in [1.165, 1.54) is 29.2 Å². The molecule has 28 heavy (non-hydrogen) atoms. The van der Waals surface area contributed by atoms with E-state index < -0.39 is 15.9 Å². The standard InChI is InChI=1S/C19H23N3O5S/c1-4-27-16-9-7-15(8-10-16)21-28(25,26)17-11-5-14(6-12-17)19(24)20-13-18(23)22(2)3/h5-12,21H,4,13H2,1-3H3,(H,20,24). The van der Waals surface area contributed by atoms with Crippen molar-refractivity contribution >= 4 is 27.5 Å². The summed E-state index contributed by atoms with van der Waals surface area (Å²) in [5, 5.41) is 2.49. The summed E-state index contributed by atoms with van der Waals surface area (Å²) < 4.78 is 32.8. The highest BCUT2D eigenvalue weighted by Crippen LogP contribution is 2.20. The zero-order valence-corrected chi connectivity index (χ0v) is 16.7. The molecule has 2 aromatic rings. The monoisotopic (exact) mass is 405 g/mol. The fourth-order valence-electron chi connectivity index (χ4n) is 2.20. The van der Waals surface area contributed by atoms with Crippen LogP contribution >= 0.6 is 0 Å². The third-order valence-electron chi connectivity index (χ3n) is 3.74. The van der Waals surface area contributed by atoms with Crippen molar-refractivity contribution in [2.24, 2.45) is 0 Å². The molecule has 0 atom stereocenters. The van der Waals surface area contributed by atoms with Gasteiger partial charge in [0.2, 0.25) is 5.91 Å². The number of ether oxygens (including phenoxy) is 1. The van der Waals surface area contributed by atoms with Crippen molar-refractivity contribution in [1.29, 1.82) is 0 Å². The van der Waals surface area contributed by atoms with Gasteiger partial charge in [-0.15, -0.1) is 0 Å². The predicted octanol–water partition coefficient (Wildman–Crippen LogP) is 1.70. The molecule has 2 N–H and O–H groups in total. The van der Waals surface area contributed by atoms with Crippen molar-refractivity contribution in [1.82, 2.24) is 10.2 Å². The number of sulfonamides is 1. The van der Waals surface area contributed by atoms with Gasteiger partial charge in [0.25, 0.3) is 15.9 Å². The Morgan fingerprint density at radius 2 is 1.61 bits per heavy atom. The first-order chi connectivity index (χ1) is 13.2. The van der Waals surface area contributed by atoms with E-state index >= 15 is 0 Å². The lowest BCUT2D eigenvalue weighted by Crippen LogP contribution is -2.36. The third-order valence-corrected chi connectivity index (χ3v) is 5.14. The molecule has 0 bridgehead atoms. The predicted molar refractivity (Wildman–Crippen MR) is 106 cm³/mol. The number of benzene rings is 2. The maximum absolute atomic E-state index is 12.5. The van der Waals surface area contributed by atoms with Crippen molar-refractivity contribution in [3.63, 3.8) is 0 Å². The summed E-state index contributed by atoms with van der Waals surface area (Å²) in [6.07, 6.45) is 0. The van der Waals surface area contributed by atoms with E-state index in [0.29, 0.717) is 18.0 Å². The van der Waals surface area contributed by atoms with Gasteiger partial charge in [0.05, 0.1) is 18.0 Å². The summed E-state index contributed by atoms with van der Waals surface area (Å²) in [5.41, 5.74) is 0.652. The average Bonchev–Trinajstić information content (AvgIpc) is 2.67. The summed E-state index contributed by atoms with van der Waals surface area (Å²) in [5.74, 6) is -0.0562. The fourth-order valence-corrected chi connectivity index (χ4v) is 3.26. The van der Waals surface area contributed by atoms with E-state index in [-0.39, 0.29) is 22.9 Å². The van der Waals surface area contributed by atoms with Gasteiger partial charge in [0.15, 0.2) is 0 Å². The Hall–Kier alpha value is -3.07. The molecule has 2 aromatic carbocycles. The molecule has 0 saturated carbocycles. The highest BCUT2D eigenvalue weighted by Gasteiger charge is 2.16. The first kappa shape index (κ1) is 21.2. The number of amides is 2. The number of carbonyl (C=O) groups is 2. The van der Waals surface area contributed by atoms with E-state index in [4.69, 9.17) is 4.74 Å². The van der Waals surface area contributed by atoms with E-state index in [2.05, 4.69) is 10.0 Å². The van der Waals surface area contributed by atoms with Crippen LogP contribution in [-0.4, -0.2) is 52.4 Å². The maximum Gasteiger partial charge on any atom is 0.261 e. The third kappa shape index (κ3) is 5.71. The van der Waals surface area contributed by atoms with Crippen molar-refractivity contribution in [3.05, 3.63) is 54.1 Å². The Labute approximate surface area is 164 Å². The van der Waals surface area contributed by atoms with Gasteiger partial charge in [0.1, 0.15) is 5.75 Å². The lowest BCUT2D eigenvalue weighted by Gasteiger charge is -2.11. The van der Waals surface area contributed by atoms with Crippen LogP contribution in [-0.2, 0) is 14.8 Å². The number of nitrogens with one attached hydrogen (secondary N) is 2. The van der Waals surface area contributed by atoms with Crippen molar-refractivity contribution < 1.29 is 22.7 Å². The molecular weight excluding hydrogens is 382 g/mol. The van der Waals surface area contributed by atoms with Crippen LogP contribution < -0.4 is 14.8 Å². The van der Waals surface area contributed by atoms with Gasteiger partial charge in [-0.3, -0.25) is 14.3 Å². The van der Waals surface area contributed by atoms with E-state index in [1.807, 2.05) is 6.92 Å². The quantitative estimate of drug-likeness (QED) is 0.696. The molecule has 0 heterocycles. The number of likely N-dealkylation sites (N-methyl/N-ethyl adjacent to an activating group) is 1. The van der Waals surface area contributed by atoms with Crippen molar-refractivity contribution in [2.45, 2.75) is 11.8 Å². The van der Waals surface area contributed by atoms with E-state index in [0.717, 1.165) is 0 Å². The first-order valence-corrected chi connectivity index (χ1v) is 10.1. The maximum atomic E-state index is 12.5. The Balaban J connectivity index is 2.04. The molecule has 0 fully saturated rings. The summed E-state index contributed by atoms with van der Waals surface area (Å²) in [6, 6.07) is 12.0. The molecule has 2 amide bonds. The molecule has 0 radical (unpaired) electrons. The topological polar surface area (TPSA) is 105 Å². The minimum Gasteiger partial charge on any atom is -0.494 e. The van der Waals surface area contributed by atoms with Crippen LogP contribution in [0, 0.1) is 0 Å².